The van der Waals surface area contributed by atoms with Crippen molar-refractivity contribution in [3.8, 4) is 5.75 Å². The van der Waals surface area contributed by atoms with E-state index in [-0.39, 0.29) is 29.6 Å². The van der Waals surface area contributed by atoms with Gasteiger partial charge in [0.25, 0.3) is 5.91 Å². The standard InChI is InChI=1S/C24H28N4O3/c25-26-15-17-4-8-18(9-5-17)23(30)27-22(14-16-6-12-21(29)13-7-16)24(31)28-19-2-1-3-20(28)11-10-19/h4-9,12-13,15,19-20,22,29H,1-3,10-11,14,25H2,(H,27,30)/t19-,20?,22?/m0/s1. The third-order valence-electron chi connectivity index (χ3n) is 6.33. The Bertz CT molecular complexity index is 940. The molecule has 2 saturated heterocycles. The van der Waals surface area contributed by atoms with Crippen molar-refractivity contribution in [2.75, 3.05) is 0 Å². The number of piperidine rings is 1. The van der Waals surface area contributed by atoms with Crippen LogP contribution in [0, 0.1) is 0 Å². The van der Waals surface area contributed by atoms with Gasteiger partial charge in [-0.15, -0.1) is 0 Å². The molecule has 7 nitrogen and oxygen atoms in total. The molecule has 31 heavy (non-hydrogen) atoms. The van der Waals surface area contributed by atoms with Crippen LogP contribution in [0.5, 0.6) is 5.75 Å². The quantitative estimate of drug-likeness (QED) is 0.379. The van der Waals surface area contributed by atoms with Crippen LogP contribution in [0.1, 0.15) is 53.6 Å². The maximum Gasteiger partial charge on any atom is 0.251 e. The number of fused-ring (bicyclic) bond motifs is 2. The zero-order valence-corrected chi connectivity index (χ0v) is 17.4. The highest BCUT2D eigenvalue weighted by atomic mass is 16.3. The minimum Gasteiger partial charge on any atom is -0.508 e. The third kappa shape index (κ3) is 4.71. The molecule has 2 aromatic carbocycles. The van der Waals surface area contributed by atoms with Gasteiger partial charge in [0.2, 0.25) is 5.91 Å². The van der Waals surface area contributed by atoms with Crippen LogP contribution in [-0.4, -0.2) is 46.2 Å². The van der Waals surface area contributed by atoms with E-state index >= 15 is 0 Å². The Hall–Kier alpha value is -3.35. The van der Waals surface area contributed by atoms with Gasteiger partial charge in [-0.1, -0.05) is 24.3 Å². The van der Waals surface area contributed by atoms with Crippen molar-refractivity contribution in [1.82, 2.24) is 10.2 Å². The summed E-state index contributed by atoms with van der Waals surface area (Å²) in [7, 11) is 0. The minimum atomic E-state index is -0.663. The molecule has 0 saturated carbocycles. The first-order valence-corrected chi connectivity index (χ1v) is 10.8. The second-order valence-electron chi connectivity index (χ2n) is 8.36. The summed E-state index contributed by atoms with van der Waals surface area (Å²) < 4.78 is 0. The Kier molecular flexibility index (Phi) is 6.21. The van der Waals surface area contributed by atoms with Gasteiger partial charge in [-0.3, -0.25) is 9.59 Å². The number of nitrogens with zero attached hydrogens (tertiary/aromatic N) is 2. The first kappa shape index (κ1) is 20.9. The summed E-state index contributed by atoms with van der Waals surface area (Å²) in [4.78, 5) is 28.5. The number of carbonyl (C=O) groups excluding carboxylic acids is 2. The van der Waals surface area contributed by atoms with Gasteiger partial charge < -0.3 is 21.2 Å². The molecule has 0 spiro atoms. The number of nitrogens with two attached hydrogens (primary N) is 1. The zero-order chi connectivity index (χ0) is 21.8. The van der Waals surface area contributed by atoms with Gasteiger partial charge in [0, 0.05) is 24.1 Å². The molecule has 2 bridgehead atoms. The van der Waals surface area contributed by atoms with E-state index in [9.17, 15) is 14.7 Å². The van der Waals surface area contributed by atoms with Crippen LogP contribution in [0.3, 0.4) is 0 Å². The molecule has 2 amide bonds. The van der Waals surface area contributed by atoms with E-state index in [4.69, 9.17) is 5.84 Å². The van der Waals surface area contributed by atoms with Crippen molar-refractivity contribution in [2.24, 2.45) is 10.9 Å². The lowest BCUT2D eigenvalue weighted by molar-refractivity contribution is -0.137. The smallest absolute Gasteiger partial charge is 0.251 e. The topological polar surface area (TPSA) is 108 Å². The highest BCUT2D eigenvalue weighted by Crippen LogP contribution is 2.36. The number of amides is 2. The SMILES string of the molecule is NN=Cc1ccc(C(=O)NC(Cc2ccc(O)cc2)C(=O)N2C3CCC[C@H]2CC3)cc1. The number of rotatable bonds is 6. The number of carbonyl (C=O) groups is 2. The number of hydrazone groups is 1. The average molecular weight is 421 g/mol. The first-order valence-electron chi connectivity index (χ1n) is 10.8. The number of hydrogen-bond acceptors (Lipinski definition) is 5. The van der Waals surface area contributed by atoms with Crippen LogP contribution in [0.4, 0.5) is 0 Å². The van der Waals surface area contributed by atoms with Gasteiger partial charge in [-0.2, -0.15) is 5.10 Å². The Morgan fingerprint density at radius 3 is 2.32 bits per heavy atom. The van der Waals surface area contributed by atoms with E-state index in [2.05, 4.69) is 10.4 Å². The second-order valence-corrected chi connectivity index (χ2v) is 8.36. The average Bonchev–Trinajstić information content (AvgIpc) is 3.03. The van der Waals surface area contributed by atoms with Crippen LogP contribution in [0.2, 0.25) is 0 Å². The Balaban J connectivity index is 1.54. The monoisotopic (exact) mass is 420 g/mol. The molecular weight excluding hydrogens is 392 g/mol. The predicted octanol–water partition coefficient (Wildman–Crippen LogP) is 2.57. The molecule has 2 unspecified atom stereocenters. The lowest BCUT2D eigenvalue weighted by Crippen LogP contribution is -2.54. The fourth-order valence-corrected chi connectivity index (χ4v) is 4.77. The Labute approximate surface area is 181 Å². The molecule has 4 N–H and O–H groups in total. The van der Waals surface area contributed by atoms with Crippen molar-refractivity contribution in [1.29, 1.82) is 0 Å². The van der Waals surface area contributed by atoms with E-state index in [1.165, 1.54) is 6.21 Å². The molecule has 0 aromatic heterocycles. The van der Waals surface area contributed by atoms with E-state index in [0.29, 0.717) is 12.0 Å². The van der Waals surface area contributed by atoms with E-state index in [1.807, 2.05) is 4.90 Å². The van der Waals surface area contributed by atoms with Gasteiger partial charge in [-0.05, 0) is 67.5 Å². The fraction of sp³-hybridized carbons (Fsp3) is 0.375. The molecule has 0 aliphatic carbocycles. The maximum absolute atomic E-state index is 13.6. The summed E-state index contributed by atoms with van der Waals surface area (Å²) >= 11 is 0. The number of phenolic OH excluding ortho intramolecular Hbond substituents is 1. The summed E-state index contributed by atoms with van der Waals surface area (Å²) in [6.45, 7) is 0. The van der Waals surface area contributed by atoms with Gasteiger partial charge in [0.15, 0.2) is 0 Å². The zero-order valence-electron chi connectivity index (χ0n) is 17.4. The second kappa shape index (κ2) is 9.20. The minimum absolute atomic E-state index is 0.0134. The van der Waals surface area contributed by atoms with Crippen LogP contribution in [0.25, 0.3) is 0 Å². The predicted molar refractivity (Wildman–Crippen MR) is 119 cm³/mol. The van der Waals surface area contributed by atoms with Crippen molar-refractivity contribution in [3.05, 3.63) is 65.2 Å². The van der Waals surface area contributed by atoms with E-state index in [1.54, 1.807) is 48.5 Å². The summed E-state index contributed by atoms with van der Waals surface area (Å²) in [5.41, 5.74) is 2.15. The summed E-state index contributed by atoms with van der Waals surface area (Å²) in [5.74, 6) is 5.04. The van der Waals surface area contributed by atoms with Crippen molar-refractivity contribution >= 4 is 18.0 Å². The molecule has 0 radical (unpaired) electrons. The number of phenols is 1. The lowest BCUT2D eigenvalue weighted by Gasteiger charge is -2.37. The normalized spacial score (nSPS) is 21.2. The lowest BCUT2D eigenvalue weighted by atomic mass is 9.98. The maximum atomic E-state index is 13.6. The molecule has 3 atom stereocenters. The Morgan fingerprint density at radius 1 is 1.06 bits per heavy atom. The summed E-state index contributed by atoms with van der Waals surface area (Å²) in [5, 5.41) is 16.0. The number of hydrogen-bond donors (Lipinski definition) is 3. The molecular formula is C24H28N4O3. The van der Waals surface area contributed by atoms with Crippen LogP contribution in [-0.2, 0) is 11.2 Å². The highest BCUT2D eigenvalue weighted by molar-refractivity contribution is 5.98. The van der Waals surface area contributed by atoms with Gasteiger partial charge >= 0.3 is 0 Å². The molecule has 2 heterocycles. The molecule has 2 aromatic rings. The van der Waals surface area contributed by atoms with E-state index in [0.717, 1.165) is 43.2 Å². The van der Waals surface area contributed by atoms with Gasteiger partial charge in [-0.25, -0.2) is 0 Å². The number of aromatic hydroxyl groups is 1. The third-order valence-corrected chi connectivity index (χ3v) is 6.33. The molecule has 4 rings (SSSR count). The highest BCUT2D eigenvalue weighted by Gasteiger charge is 2.42. The van der Waals surface area contributed by atoms with Crippen LogP contribution < -0.4 is 11.2 Å². The molecule has 2 fully saturated rings. The molecule has 162 valence electrons. The number of benzene rings is 2. The van der Waals surface area contributed by atoms with Gasteiger partial charge in [0.05, 0.1) is 6.21 Å². The van der Waals surface area contributed by atoms with E-state index < -0.39 is 6.04 Å². The van der Waals surface area contributed by atoms with Crippen molar-refractivity contribution in [2.45, 2.75) is 56.7 Å². The fourth-order valence-electron chi connectivity index (χ4n) is 4.77. The Morgan fingerprint density at radius 2 is 1.71 bits per heavy atom. The van der Waals surface area contributed by atoms with Crippen molar-refractivity contribution < 1.29 is 14.7 Å². The summed E-state index contributed by atoms with van der Waals surface area (Å²) in [6, 6.07) is 13.6. The summed E-state index contributed by atoms with van der Waals surface area (Å²) in [6.07, 6.45) is 7.19. The molecule has 2 aliphatic heterocycles. The number of nitrogens with one attached hydrogen (secondary N) is 1. The van der Waals surface area contributed by atoms with Crippen LogP contribution in [0.15, 0.2) is 53.6 Å². The largest absolute Gasteiger partial charge is 0.508 e. The molecule has 7 heteroatoms. The van der Waals surface area contributed by atoms with Crippen LogP contribution >= 0.6 is 0 Å². The van der Waals surface area contributed by atoms with Gasteiger partial charge in [0.1, 0.15) is 11.8 Å². The van der Waals surface area contributed by atoms with Crippen molar-refractivity contribution in [3.63, 3.8) is 0 Å². The molecule has 2 aliphatic rings. The first-order chi connectivity index (χ1) is 15.0.